The topological polar surface area (TPSA) is 14.8 Å². The number of para-hydroxylation sites is 6. The first-order chi connectivity index (χ1) is 29.8. The molecule has 0 atom stereocenters. The van der Waals surface area contributed by atoms with Gasteiger partial charge in [-0.2, -0.15) is 0 Å². The maximum Gasteiger partial charge on any atom is 0.0541 e. The van der Waals surface area contributed by atoms with Crippen molar-refractivity contribution in [2.75, 3.05) is 0 Å². The molecule has 0 N–H and O–H groups in total. The van der Waals surface area contributed by atoms with E-state index in [9.17, 15) is 0 Å². The van der Waals surface area contributed by atoms with Gasteiger partial charge in [0.2, 0.25) is 0 Å². The van der Waals surface area contributed by atoms with E-state index in [1.165, 1.54) is 99.2 Å². The number of hydrogen-bond acceptors (Lipinski definition) is 0. The summed E-state index contributed by atoms with van der Waals surface area (Å²) in [7, 11) is 0. The molecule has 0 bridgehead atoms. The van der Waals surface area contributed by atoms with Crippen molar-refractivity contribution in [2.45, 2.75) is 18.8 Å². The van der Waals surface area contributed by atoms with Crippen molar-refractivity contribution >= 4 is 65.4 Å². The zero-order valence-corrected chi connectivity index (χ0v) is 33.1. The summed E-state index contributed by atoms with van der Waals surface area (Å²) in [6, 6.07) is 80.3. The lowest BCUT2D eigenvalue weighted by molar-refractivity contribution is 0.679. The Morgan fingerprint density at radius 2 is 0.483 bits per heavy atom. The first kappa shape index (κ1) is 34.4. The predicted octanol–water partition coefficient (Wildman–Crippen LogP) is 14.5. The molecule has 0 aliphatic heterocycles. The summed E-state index contributed by atoms with van der Waals surface area (Å²) < 4.78 is 7.21. The van der Waals surface area contributed by atoms with E-state index in [0.29, 0.717) is 0 Å². The third-order valence-electron chi connectivity index (χ3n) is 12.7. The normalized spacial score (nSPS) is 11.9. The minimum atomic E-state index is 0.273. The fourth-order valence-electron chi connectivity index (χ4n) is 9.94. The maximum atomic E-state index is 2.41. The smallest absolute Gasteiger partial charge is 0.0541 e. The van der Waals surface area contributed by atoms with Crippen LogP contribution in [0.2, 0.25) is 0 Å². The van der Waals surface area contributed by atoms with Gasteiger partial charge in [0.1, 0.15) is 0 Å². The molecule has 284 valence electrons. The minimum absolute atomic E-state index is 0.273. The molecule has 0 spiro atoms. The number of fused-ring (bicyclic) bond motifs is 9. The van der Waals surface area contributed by atoms with Gasteiger partial charge in [0, 0.05) is 49.4 Å². The molecular formula is C57H41N3. The fourth-order valence-corrected chi connectivity index (χ4v) is 9.94. The zero-order valence-electron chi connectivity index (χ0n) is 33.1. The Hall–Kier alpha value is -7.62. The van der Waals surface area contributed by atoms with Crippen LogP contribution in [0.3, 0.4) is 0 Å². The van der Waals surface area contributed by atoms with Gasteiger partial charge in [0.15, 0.2) is 0 Å². The number of nitrogens with zero attached hydrogens (tertiary/aromatic N) is 3. The van der Waals surface area contributed by atoms with Gasteiger partial charge in [-0.1, -0.05) is 146 Å². The average Bonchev–Trinajstić information content (AvgIpc) is 3.96. The summed E-state index contributed by atoms with van der Waals surface area (Å²) in [5, 5.41) is 7.69. The van der Waals surface area contributed by atoms with Crippen molar-refractivity contribution in [3.63, 3.8) is 0 Å². The van der Waals surface area contributed by atoms with Gasteiger partial charge in [0.25, 0.3) is 0 Å². The molecule has 0 aliphatic rings. The van der Waals surface area contributed by atoms with E-state index in [4.69, 9.17) is 0 Å². The van der Waals surface area contributed by atoms with Crippen LogP contribution in [0.1, 0.15) is 22.6 Å². The summed E-state index contributed by atoms with van der Waals surface area (Å²) in [5.41, 5.74) is 15.0. The van der Waals surface area contributed by atoms with Crippen LogP contribution in [0, 0.1) is 0 Å². The van der Waals surface area contributed by atoms with Gasteiger partial charge in [0.05, 0.1) is 33.1 Å². The van der Waals surface area contributed by atoms with Crippen LogP contribution >= 0.6 is 0 Å². The van der Waals surface area contributed by atoms with E-state index in [-0.39, 0.29) is 5.92 Å². The Labute approximate surface area is 348 Å². The van der Waals surface area contributed by atoms with E-state index >= 15 is 0 Å². The fraction of sp³-hybridized carbons (Fsp3) is 0.0526. The second-order valence-electron chi connectivity index (χ2n) is 16.1. The Kier molecular flexibility index (Phi) is 8.05. The molecule has 60 heavy (non-hydrogen) atoms. The van der Waals surface area contributed by atoms with Crippen LogP contribution < -0.4 is 0 Å². The van der Waals surface area contributed by atoms with Crippen molar-refractivity contribution in [3.05, 3.63) is 235 Å². The monoisotopic (exact) mass is 767 g/mol. The second kappa shape index (κ2) is 14.0. The third kappa shape index (κ3) is 5.58. The molecule has 12 rings (SSSR count). The molecule has 9 aromatic carbocycles. The summed E-state index contributed by atoms with van der Waals surface area (Å²) in [5.74, 6) is 0.273. The number of benzene rings is 9. The first-order valence-electron chi connectivity index (χ1n) is 21.0. The Bertz CT molecular complexity index is 3210. The van der Waals surface area contributed by atoms with Crippen molar-refractivity contribution < 1.29 is 0 Å². The first-order valence-corrected chi connectivity index (χ1v) is 21.0. The molecule has 0 saturated carbocycles. The van der Waals surface area contributed by atoms with Crippen LogP contribution in [0.15, 0.2) is 218 Å². The maximum absolute atomic E-state index is 2.41. The highest BCUT2D eigenvalue weighted by molar-refractivity contribution is 6.11. The lowest BCUT2D eigenvalue weighted by Gasteiger charge is -2.20. The van der Waals surface area contributed by atoms with E-state index in [2.05, 4.69) is 232 Å². The second-order valence-corrected chi connectivity index (χ2v) is 16.1. The molecule has 0 amide bonds. The molecule has 0 radical (unpaired) electrons. The van der Waals surface area contributed by atoms with Gasteiger partial charge in [-0.25, -0.2) is 0 Å². The molecule has 3 aromatic heterocycles. The molecule has 0 aliphatic carbocycles. The average molecular weight is 768 g/mol. The van der Waals surface area contributed by atoms with E-state index < -0.39 is 0 Å². The molecule has 0 unspecified atom stereocenters. The lowest BCUT2D eigenvalue weighted by Crippen LogP contribution is -2.08. The highest BCUT2D eigenvalue weighted by atomic mass is 15.0. The minimum Gasteiger partial charge on any atom is -0.309 e. The Morgan fingerprint density at radius 3 is 0.750 bits per heavy atom. The summed E-state index contributed by atoms with van der Waals surface area (Å²) >= 11 is 0. The Morgan fingerprint density at radius 1 is 0.250 bits per heavy atom. The molecule has 0 fully saturated rings. The molecule has 0 saturated heterocycles. The van der Waals surface area contributed by atoms with Gasteiger partial charge >= 0.3 is 0 Å². The van der Waals surface area contributed by atoms with E-state index in [1.54, 1.807) is 0 Å². The SMILES string of the molecule is c1ccc2c(c1)c1ccccc1n2-c1ccc(CC(Cc2ccc(-n3c4ccccc4c4ccccc43)cc2)c2ccc(-n3c4ccccc4c4ccccc43)cc2)cc1. The van der Waals surface area contributed by atoms with E-state index in [1.807, 2.05) is 0 Å². The van der Waals surface area contributed by atoms with Gasteiger partial charge in [-0.05, 0) is 108 Å². The van der Waals surface area contributed by atoms with Crippen molar-refractivity contribution in [1.29, 1.82) is 0 Å². The van der Waals surface area contributed by atoms with Crippen molar-refractivity contribution in [2.24, 2.45) is 0 Å². The van der Waals surface area contributed by atoms with Crippen LogP contribution in [0.4, 0.5) is 0 Å². The van der Waals surface area contributed by atoms with Gasteiger partial charge in [-0.15, -0.1) is 0 Å². The zero-order chi connectivity index (χ0) is 39.6. The molecule has 3 nitrogen and oxygen atoms in total. The van der Waals surface area contributed by atoms with Crippen molar-refractivity contribution in [3.8, 4) is 17.1 Å². The summed E-state index contributed by atoms with van der Waals surface area (Å²) in [6.07, 6.45) is 1.85. The molecule has 12 aromatic rings. The summed E-state index contributed by atoms with van der Waals surface area (Å²) in [6.45, 7) is 0. The largest absolute Gasteiger partial charge is 0.309 e. The number of rotatable bonds is 8. The van der Waals surface area contributed by atoms with Crippen LogP contribution in [0.25, 0.3) is 82.5 Å². The standard InChI is InChI=1S/C57H41N3/c1-7-19-52-46(13-1)47-14-2-8-20-53(47)58(52)43-31-25-39(26-32-43)37-42(41-29-35-45(36-30-41)60-56-23-11-5-17-50(56)51-18-6-12-24-57(51)60)38-40-27-33-44(34-28-40)59-54-21-9-3-15-48(54)49-16-4-10-22-55(49)59/h1-36,42H,37-38H2. The predicted molar refractivity (Wildman–Crippen MR) is 252 cm³/mol. The van der Waals surface area contributed by atoms with Gasteiger partial charge < -0.3 is 13.7 Å². The van der Waals surface area contributed by atoms with Crippen molar-refractivity contribution in [1.82, 2.24) is 13.7 Å². The van der Waals surface area contributed by atoms with Gasteiger partial charge in [-0.3, -0.25) is 0 Å². The highest BCUT2D eigenvalue weighted by Gasteiger charge is 2.18. The van der Waals surface area contributed by atoms with Crippen LogP contribution in [0.5, 0.6) is 0 Å². The van der Waals surface area contributed by atoms with Crippen LogP contribution in [-0.2, 0) is 12.8 Å². The lowest BCUT2D eigenvalue weighted by atomic mass is 9.86. The van der Waals surface area contributed by atoms with E-state index in [0.717, 1.165) is 12.8 Å². The van der Waals surface area contributed by atoms with Crippen LogP contribution in [-0.4, -0.2) is 13.7 Å². The molecule has 3 heteroatoms. The Balaban J connectivity index is 0.913. The molecular weight excluding hydrogens is 727 g/mol. The quantitative estimate of drug-likeness (QED) is 0.146. The summed E-state index contributed by atoms with van der Waals surface area (Å²) in [4.78, 5) is 0. The highest BCUT2D eigenvalue weighted by Crippen LogP contribution is 2.36. The number of hydrogen-bond donors (Lipinski definition) is 0. The number of aromatic nitrogens is 3. The third-order valence-corrected chi connectivity index (χ3v) is 12.7. The molecule has 3 heterocycles.